The summed E-state index contributed by atoms with van der Waals surface area (Å²) in [6.07, 6.45) is 1.23. The fourth-order valence-electron chi connectivity index (χ4n) is 2.40. The normalized spacial score (nSPS) is 19.8. The van der Waals surface area contributed by atoms with Gasteiger partial charge in [-0.15, -0.1) is 0 Å². The maximum atomic E-state index is 11.5. The highest BCUT2D eigenvalue weighted by Crippen LogP contribution is 2.21. The summed E-state index contributed by atoms with van der Waals surface area (Å²) in [4.78, 5) is 14.0. The van der Waals surface area contributed by atoms with Crippen molar-refractivity contribution >= 4 is 17.5 Å². The predicted octanol–water partition coefficient (Wildman–Crippen LogP) is 3.10. The van der Waals surface area contributed by atoms with E-state index in [9.17, 15) is 4.79 Å². The lowest BCUT2D eigenvalue weighted by molar-refractivity contribution is 0.101. The Kier molecular flexibility index (Phi) is 5.92. The Morgan fingerprint density at radius 2 is 2.25 bits per heavy atom. The van der Waals surface area contributed by atoms with Crippen LogP contribution in [0.2, 0.25) is 0 Å². The van der Waals surface area contributed by atoms with Gasteiger partial charge >= 0.3 is 0 Å². The van der Waals surface area contributed by atoms with Crippen LogP contribution in [0.25, 0.3) is 0 Å². The third-order valence-electron chi connectivity index (χ3n) is 3.61. The summed E-state index contributed by atoms with van der Waals surface area (Å²) in [7, 11) is 0. The summed E-state index contributed by atoms with van der Waals surface area (Å²) >= 11 is 2.08. The smallest absolute Gasteiger partial charge is 0.163 e. The first-order valence-corrected chi connectivity index (χ1v) is 8.32. The van der Waals surface area contributed by atoms with Crippen LogP contribution in [0.5, 0.6) is 5.75 Å². The van der Waals surface area contributed by atoms with Crippen LogP contribution >= 0.6 is 11.8 Å². The van der Waals surface area contributed by atoms with E-state index in [0.717, 1.165) is 24.9 Å². The number of Topliss-reactive ketones (excluding diaryl/α,β-unsaturated/α-hetero) is 1. The average Bonchev–Trinajstić information content (AvgIpc) is 2.48. The van der Waals surface area contributed by atoms with Gasteiger partial charge in [0.15, 0.2) is 5.78 Å². The molecule has 110 valence electrons. The average molecular weight is 293 g/mol. The van der Waals surface area contributed by atoms with Crippen LogP contribution in [0, 0.1) is 0 Å². The monoisotopic (exact) mass is 293 g/mol. The largest absolute Gasteiger partial charge is 0.491 e. The van der Waals surface area contributed by atoms with Gasteiger partial charge in [-0.3, -0.25) is 9.69 Å². The molecule has 2 rings (SSSR count). The van der Waals surface area contributed by atoms with Crippen molar-refractivity contribution < 1.29 is 9.53 Å². The number of nitrogens with zero attached hydrogens (tertiary/aromatic N) is 1. The van der Waals surface area contributed by atoms with Gasteiger partial charge in [-0.05, 0) is 25.5 Å². The second-order valence-corrected chi connectivity index (χ2v) is 6.51. The van der Waals surface area contributed by atoms with Crippen LogP contribution in [0.4, 0.5) is 0 Å². The van der Waals surface area contributed by atoms with Crippen LogP contribution in [-0.2, 0) is 0 Å². The molecule has 1 aromatic rings. The molecule has 3 nitrogen and oxygen atoms in total. The zero-order chi connectivity index (χ0) is 14.4. The number of thioether (sulfide) groups is 1. The van der Waals surface area contributed by atoms with E-state index in [1.807, 2.05) is 24.3 Å². The number of benzene rings is 1. The molecule has 0 radical (unpaired) electrons. The molecule has 1 saturated heterocycles. The molecule has 0 spiro atoms. The SMILES string of the molecule is CCC1CN(CCOc2ccccc2C(C)=O)CCS1. The Balaban J connectivity index is 1.82. The molecular weight excluding hydrogens is 270 g/mol. The second-order valence-electron chi connectivity index (χ2n) is 5.10. The van der Waals surface area contributed by atoms with Crippen LogP contribution in [0.1, 0.15) is 30.6 Å². The number of ether oxygens (including phenoxy) is 1. The zero-order valence-electron chi connectivity index (χ0n) is 12.3. The van der Waals surface area contributed by atoms with E-state index in [2.05, 4.69) is 23.6 Å². The van der Waals surface area contributed by atoms with Crippen molar-refractivity contribution in [1.29, 1.82) is 0 Å². The number of carbonyl (C=O) groups is 1. The van der Waals surface area contributed by atoms with E-state index in [1.165, 1.54) is 12.2 Å². The van der Waals surface area contributed by atoms with Crippen molar-refractivity contribution in [1.82, 2.24) is 4.90 Å². The highest BCUT2D eigenvalue weighted by molar-refractivity contribution is 8.00. The van der Waals surface area contributed by atoms with Gasteiger partial charge in [0.25, 0.3) is 0 Å². The zero-order valence-corrected chi connectivity index (χ0v) is 13.1. The van der Waals surface area contributed by atoms with Gasteiger partial charge in [0, 0.05) is 30.6 Å². The molecule has 0 aromatic heterocycles. The fraction of sp³-hybridized carbons (Fsp3) is 0.562. The van der Waals surface area contributed by atoms with Gasteiger partial charge in [0.2, 0.25) is 0 Å². The minimum Gasteiger partial charge on any atom is -0.491 e. The molecule has 20 heavy (non-hydrogen) atoms. The van der Waals surface area contributed by atoms with Gasteiger partial charge in [0.05, 0.1) is 5.56 Å². The first-order chi connectivity index (χ1) is 9.70. The number of ketones is 1. The maximum absolute atomic E-state index is 11.5. The molecule has 0 saturated carbocycles. The standard InChI is InChI=1S/C16H23NO2S/c1-3-14-12-17(9-11-20-14)8-10-19-16-7-5-4-6-15(16)13(2)18/h4-7,14H,3,8-12H2,1-2H3. The molecule has 0 bridgehead atoms. The molecule has 1 unspecified atom stereocenters. The van der Waals surface area contributed by atoms with E-state index in [-0.39, 0.29) is 5.78 Å². The Morgan fingerprint density at radius 1 is 1.45 bits per heavy atom. The molecule has 1 fully saturated rings. The molecular formula is C16H23NO2S. The lowest BCUT2D eigenvalue weighted by atomic mass is 10.1. The maximum Gasteiger partial charge on any atom is 0.163 e. The highest BCUT2D eigenvalue weighted by Gasteiger charge is 2.18. The summed E-state index contributed by atoms with van der Waals surface area (Å²) < 4.78 is 5.80. The number of hydrogen-bond donors (Lipinski definition) is 0. The van der Waals surface area contributed by atoms with E-state index < -0.39 is 0 Å². The van der Waals surface area contributed by atoms with E-state index >= 15 is 0 Å². The van der Waals surface area contributed by atoms with Crippen molar-refractivity contribution in [3.63, 3.8) is 0 Å². The molecule has 1 aliphatic heterocycles. The van der Waals surface area contributed by atoms with Crippen molar-refractivity contribution in [3.05, 3.63) is 29.8 Å². The van der Waals surface area contributed by atoms with E-state index in [0.29, 0.717) is 17.9 Å². The Labute approximate surface area is 125 Å². The van der Waals surface area contributed by atoms with E-state index in [4.69, 9.17) is 4.74 Å². The molecule has 4 heteroatoms. The van der Waals surface area contributed by atoms with Gasteiger partial charge in [-0.1, -0.05) is 19.1 Å². The van der Waals surface area contributed by atoms with Crippen molar-refractivity contribution in [2.75, 3.05) is 32.0 Å². The lowest BCUT2D eigenvalue weighted by Gasteiger charge is -2.31. The molecule has 1 aromatic carbocycles. The Hall–Kier alpha value is -1.000. The number of para-hydroxylation sites is 1. The minimum absolute atomic E-state index is 0.0565. The van der Waals surface area contributed by atoms with E-state index in [1.54, 1.807) is 6.92 Å². The third-order valence-corrected chi connectivity index (χ3v) is 4.98. The lowest BCUT2D eigenvalue weighted by Crippen LogP contribution is -2.39. The third kappa shape index (κ3) is 4.25. The Morgan fingerprint density at radius 3 is 3.00 bits per heavy atom. The van der Waals surface area contributed by atoms with Crippen molar-refractivity contribution in [2.45, 2.75) is 25.5 Å². The van der Waals surface area contributed by atoms with Crippen LogP contribution in [0.15, 0.2) is 24.3 Å². The molecule has 1 heterocycles. The summed E-state index contributed by atoms with van der Waals surface area (Å²) in [6, 6.07) is 7.48. The first-order valence-electron chi connectivity index (χ1n) is 7.27. The van der Waals surface area contributed by atoms with Gasteiger partial charge in [-0.25, -0.2) is 0 Å². The summed E-state index contributed by atoms with van der Waals surface area (Å²) in [5.41, 5.74) is 0.674. The Bertz CT molecular complexity index is 450. The molecule has 0 amide bonds. The number of carbonyl (C=O) groups excluding carboxylic acids is 1. The fourth-order valence-corrected chi connectivity index (χ4v) is 3.65. The predicted molar refractivity (Wildman–Crippen MR) is 84.9 cm³/mol. The summed E-state index contributed by atoms with van der Waals surface area (Å²) in [5.74, 6) is 1.97. The van der Waals surface area contributed by atoms with Crippen LogP contribution in [-0.4, -0.2) is 47.9 Å². The van der Waals surface area contributed by atoms with Gasteiger partial charge < -0.3 is 4.74 Å². The topological polar surface area (TPSA) is 29.5 Å². The quantitative estimate of drug-likeness (QED) is 0.754. The summed E-state index contributed by atoms with van der Waals surface area (Å²) in [5, 5.41) is 0.758. The summed E-state index contributed by atoms with van der Waals surface area (Å²) in [6.45, 7) is 7.70. The number of hydrogen-bond acceptors (Lipinski definition) is 4. The van der Waals surface area contributed by atoms with Crippen LogP contribution in [0.3, 0.4) is 0 Å². The second kappa shape index (κ2) is 7.70. The molecule has 0 aliphatic carbocycles. The number of rotatable bonds is 6. The highest BCUT2D eigenvalue weighted by atomic mass is 32.2. The molecule has 1 atom stereocenters. The molecule has 1 aliphatic rings. The first kappa shape index (κ1) is 15.4. The van der Waals surface area contributed by atoms with Crippen LogP contribution < -0.4 is 4.74 Å². The minimum atomic E-state index is 0.0565. The van der Waals surface area contributed by atoms with Crippen molar-refractivity contribution in [2.24, 2.45) is 0 Å². The molecule has 0 N–H and O–H groups in total. The van der Waals surface area contributed by atoms with Gasteiger partial charge in [-0.2, -0.15) is 11.8 Å². The van der Waals surface area contributed by atoms with Crippen molar-refractivity contribution in [3.8, 4) is 5.75 Å². The van der Waals surface area contributed by atoms with Gasteiger partial charge in [0.1, 0.15) is 12.4 Å².